The molecule has 9 heteroatoms. The minimum absolute atomic E-state index is 0.0926. The zero-order valence-electron chi connectivity index (χ0n) is 15.2. The highest BCUT2D eigenvalue weighted by Gasteiger charge is 2.33. The molecule has 2 aromatic carbocycles. The Labute approximate surface area is 163 Å². The van der Waals surface area contributed by atoms with E-state index < -0.39 is 17.6 Å². The minimum Gasteiger partial charge on any atom is -0.340 e. The fourth-order valence-corrected chi connectivity index (χ4v) is 2.91. The average Bonchev–Trinajstić information content (AvgIpc) is 3.06. The van der Waals surface area contributed by atoms with Gasteiger partial charge in [-0.05, 0) is 36.8 Å². The summed E-state index contributed by atoms with van der Waals surface area (Å²) in [5, 5.41) is 8.14. The van der Waals surface area contributed by atoms with Crippen LogP contribution in [0.5, 0.6) is 0 Å². The van der Waals surface area contributed by atoms with Crippen molar-refractivity contribution in [2.45, 2.75) is 19.6 Å². The van der Waals surface area contributed by atoms with E-state index in [0.29, 0.717) is 22.4 Å². The summed E-state index contributed by atoms with van der Waals surface area (Å²) in [5.74, 6) is -0.767. The van der Waals surface area contributed by atoms with Crippen LogP contribution in [0.2, 0.25) is 0 Å². The summed E-state index contributed by atoms with van der Waals surface area (Å²) >= 11 is 0. The van der Waals surface area contributed by atoms with Crippen LogP contribution < -0.4 is 5.32 Å². The van der Waals surface area contributed by atoms with Gasteiger partial charge in [0, 0.05) is 11.9 Å². The molecule has 148 valence electrons. The molecule has 0 bridgehead atoms. The SMILES string of the molecule is Cc1ccc(Nc2ncnc3nn(Cc4ccc(C(F)(F)F)c(F)c4)cc23)cc1. The first-order valence-corrected chi connectivity index (χ1v) is 8.67. The van der Waals surface area contributed by atoms with Gasteiger partial charge in [-0.2, -0.15) is 18.3 Å². The standard InChI is InChI=1S/C20H15F4N5/c1-12-2-5-14(6-3-12)27-18-15-10-29(28-19(15)26-11-25-18)9-13-4-7-16(17(21)8-13)20(22,23)24/h2-8,10-11H,9H2,1H3,(H,25,26,27,28). The van der Waals surface area contributed by atoms with Crippen LogP contribution in [0.15, 0.2) is 55.0 Å². The Bertz CT molecular complexity index is 1170. The van der Waals surface area contributed by atoms with E-state index in [1.165, 1.54) is 17.1 Å². The molecular formula is C20H15F4N5. The summed E-state index contributed by atoms with van der Waals surface area (Å²) in [5.41, 5.74) is 1.45. The topological polar surface area (TPSA) is 55.6 Å². The number of nitrogens with zero attached hydrogens (tertiary/aromatic N) is 4. The smallest absolute Gasteiger partial charge is 0.340 e. The number of alkyl halides is 3. The average molecular weight is 401 g/mol. The summed E-state index contributed by atoms with van der Waals surface area (Å²) in [7, 11) is 0. The number of hydrogen-bond donors (Lipinski definition) is 1. The van der Waals surface area contributed by atoms with Crippen molar-refractivity contribution >= 4 is 22.5 Å². The van der Waals surface area contributed by atoms with E-state index in [1.807, 2.05) is 31.2 Å². The summed E-state index contributed by atoms with van der Waals surface area (Å²) in [6, 6.07) is 10.6. The van der Waals surface area contributed by atoms with E-state index in [2.05, 4.69) is 20.4 Å². The zero-order valence-corrected chi connectivity index (χ0v) is 15.2. The highest BCUT2D eigenvalue weighted by Crippen LogP contribution is 2.31. The Balaban J connectivity index is 1.61. The van der Waals surface area contributed by atoms with Crippen molar-refractivity contribution in [1.82, 2.24) is 19.7 Å². The van der Waals surface area contributed by atoms with E-state index in [9.17, 15) is 17.6 Å². The van der Waals surface area contributed by atoms with Crippen LogP contribution in [0.25, 0.3) is 11.0 Å². The third-order valence-corrected chi connectivity index (χ3v) is 4.36. The molecule has 0 amide bonds. The van der Waals surface area contributed by atoms with Gasteiger partial charge < -0.3 is 5.32 Å². The molecule has 2 aromatic heterocycles. The third-order valence-electron chi connectivity index (χ3n) is 4.36. The first-order chi connectivity index (χ1) is 13.8. The maximum Gasteiger partial charge on any atom is 0.419 e. The molecule has 0 aliphatic heterocycles. The molecule has 4 aromatic rings. The van der Waals surface area contributed by atoms with E-state index >= 15 is 0 Å². The lowest BCUT2D eigenvalue weighted by molar-refractivity contribution is -0.140. The fourth-order valence-electron chi connectivity index (χ4n) is 2.91. The third kappa shape index (κ3) is 4.03. The number of benzene rings is 2. The van der Waals surface area contributed by atoms with Crippen molar-refractivity contribution in [3.8, 4) is 0 Å². The van der Waals surface area contributed by atoms with Crippen LogP contribution in [0, 0.1) is 12.7 Å². The van der Waals surface area contributed by atoms with Gasteiger partial charge in [-0.15, -0.1) is 0 Å². The summed E-state index contributed by atoms with van der Waals surface area (Å²) < 4.78 is 53.4. The molecule has 29 heavy (non-hydrogen) atoms. The van der Waals surface area contributed by atoms with Gasteiger partial charge in [0.2, 0.25) is 0 Å². The van der Waals surface area contributed by atoms with Gasteiger partial charge in [-0.1, -0.05) is 23.8 Å². The van der Waals surface area contributed by atoms with Gasteiger partial charge in [-0.25, -0.2) is 14.4 Å². The van der Waals surface area contributed by atoms with Crippen molar-refractivity contribution in [3.63, 3.8) is 0 Å². The van der Waals surface area contributed by atoms with E-state index in [1.54, 1.807) is 6.20 Å². The molecule has 0 atom stereocenters. The Morgan fingerprint density at radius 3 is 2.48 bits per heavy atom. The quantitative estimate of drug-likeness (QED) is 0.485. The van der Waals surface area contributed by atoms with Gasteiger partial charge >= 0.3 is 6.18 Å². The monoisotopic (exact) mass is 401 g/mol. The second-order valence-corrected chi connectivity index (χ2v) is 6.59. The molecule has 0 saturated carbocycles. The number of aryl methyl sites for hydroxylation is 1. The molecule has 0 aliphatic carbocycles. The Morgan fingerprint density at radius 2 is 1.79 bits per heavy atom. The molecule has 1 N–H and O–H groups in total. The van der Waals surface area contributed by atoms with Crippen molar-refractivity contribution < 1.29 is 17.6 Å². The number of hydrogen-bond acceptors (Lipinski definition) is 4. The molecule has 4 rings (SSSR count). The molecular weight excluding hydrogens is 386 g/mol. The predicted molar refractivity (Wildman–Crippen MR) is 100 cm³/mol. The summed E-state index contributed by atoms with van der Waals surface area (Å²) in [4.78, 5) is 8.36. The zero-order chi connectivity index (χ0) is 20.6. The lowest BCUT2D eigenvalue weighted by Gasteiger charge is -2.09. The minimum atomic E-state index is -4.73. The van der Waals surface area contributed by atoms with Gasteiger partial charge in [0.1, 0.15) is 18.0 Å². The van der Waals surface area contributed by atoms with E-state index in [-0.39, 0.29) is 6.54 Å². The van der Waals surface area contributed by atoms with Crippen molar-refractivity contribution in [2.24, 2.45) is 0 Å². The van der Waals surface area contributed by atoms with E-state index in [4.69, 9.17) is 0 Å². The van der Waals surface area contributed by atoms with Gasteiger partial charge in [0.25, 0.3) is 0 Å². The number of fused-ring (bicyclic) bond motifs is 1. The van der Waals surface area contributed by atoms with Crippen LogP contribution in [-0.4, -0.2) is 19.7 Å². The van der Waals surface area contributed by atoms with E-state index in [0.717, 1.165) is 23.4 Å². The molecule has 0 saturated heterocycles. The molecule has 0 aliphatic rings. The normalized spacial score (nSPS) is 11.8. The number of nitrogens with one attached hydrogen (secondary N) is 1. The first-order valence-electron chi connectivity index (χ1n) is 8.67. The van der Waals surface area contributed by atoms with Crippen LogP contribution in [0.3, 0.4) is 0 Å². The lowest BCUT2D eigenvalue weighted by atomic mass is 10.1. The molecule has 0 fully saturated rings. The largest absolute Gasteiger partial charge is 0.419 e. The highest BCUT2D eigenvalue weighted by molar-refractivity contribution is 5.87. The number of anilines is 2. The predicted octanol–water partition coefficient (Wildman–Crippen LogP) is 5.08. The number of halogens is 4. The highest BCUT2D eigenvalue weighted by atomic mass is 19.4. The van der Waals surface area contributed by atoms with Crippen LogP contribution >= 0.6 is 0 Å². The lowest BCUT2D eigenvalue weighted by Crippen LogP contribution is -2.09. The molecule has 0 spiro atoms. The second kappa shape index (κ2) is 7.16. The van der Waals surface area contributed by atoms with Crippen molar-refractivity contribution in [3.05, 3.63) is 77.5 Å². The Kier molecular flexibility index (Phi) is 4.65. The Morgan fingerprint density at radius 1 is 1.03 bits per heavy atom. The number of rotatable bonds is 4. The van der Waals surface area contributed by atoms with Gasteiger partial charge in [0.05, 0.1) is 17.5 Å². The van der Waals surface area contributed by atoms with Crippen LogP contribution in [0.1, 0.15) is 16.7 Å². The second-order valence-electron chi connectivity index (χ2n) is 6.59. The molecule has 0 radical (unpaired) electrons. The summed E-state index contributed by atoms with van der Waals surface area (Å²) in [6.07, 6.45) is -1.69. The molecule has 2 heterocycles. The molecule has 5 nitrogen and oxygen atoms in total. The summed E-state index contributed by atoms with van der Waals surface area (Å²) in [6.45, 7) is 2.08. The van der Waals surface area contributed by atoms with Gasteiger partial charge in [-0.3, -0.25) is 4.68 Å². The van der Waals surface area contributed by atoms with Crippen molar-refractivity contribution in [2.75, 3.05) is 5.32 Å². The maximum atomic E-state index is 13.8. The van der Waals surface area contributed by atoms with Gasteiger partial charge in [0.15, 0.2) is 5.65 Å². The Hall–Kier alpha value is -3.49. The van der Waals surface area contributed by atoms with Crippen LogP contribution in [-0.2, 0) is 12.7 Å². The molecule has 0 unspecified atom stereocenters. The van der Waals surface area contributed by atoms with Crippen LogP contribution in [0.4, 0.5) is 29.1 Å². The van der Waals surface area contributed by atoms with Crippen molar-refractivity contribution in [1.29, 1.82) is 0 Å². The maximum absolute atomic E-state index is 13.8. The fraction of sp³-hybridized carbons (Fsp3) is 0.150. The first kappa shape index (κ1) is 18.9. The number of aromatic nitrogens is 4.